The van der Waals surface area contributed by atoms with E-state index in [1.54, 1.807) is 6.20 Å². The summed E-state index contributed by atoms with van der Waals surface area (Å²) < 4.78 is 6.01. The van der Waals surface area contributed by atoms with E-state index in [2.05, 4.69) is 10.3 Å². The molecule has 2 aliphatic carbocycles. The lowest BCUT2D eigenvalue weighted by atomic mass is 9.92. The van der Waals surface area contributed by atoms with Gasteiger partial charge < -0.3 is 15.2 Å². The third kappa shape index (κ3) is 5.13. The standard InChI is InChI=1S/C24H29ClN2O3/c25-19-11-9-17(10-12-19)18-13-20(23(29)27-21-7-3-4-8-22(21)28)24(26-14-18)30-15-16-5-1-2-6-16/h9-14,16,21-22,28H,1-8,15H2,(H,27,29)/t21-,22-/m1/s1. The van der Waals surface area contributed by atoms with Gasteiger partial charge in [-0.25, -0.2) is 4.98 Å². The van der Waals surface area contributed by atoms with Gasteiger partial charge in [-0.1, -0.05) is 49.4 Å². The van der Waals surface area contributed by atoms with E-state index in [9.17, 15) is 9.90 Å². The summed E-state index contributed by atoms with van der Waals surface area (Å²) in [6.07, 6.45) is 9.56. The second-order valence-corrected chi connectivity index (χ2v) is 8.91. The molecule has 2 N–H and O–H groups in total. The Kier molecular flexibility index (Phi) is 6.90. The Labute approximate surface area is 182 Å². The zero-order chi connectivity index (χ0) is 20.9. The lowest BCUT2D eigenvalue weighted by molar-refractivity contribution is 0.0713. The van der Waals surface area contributed by atoms with Crippen LogP contribution in [0.3, 0.4) is 0 Å². The molecule has 160 valence electrons. The van der Waals surface area contributed by atoms with E-state index in [1.165, 1.54) is 25.7 Å². The van der Waals surface area contributed by atoms with Crippen LogP contribution in [-0.2, 0) is 0 Å². The molecule has 1 aromatic heterocycles. The number of aliphatic hydroxyl groups is 1. The maximum atomic E-state index is 13.1. The Balaban J connectivity index is 1.57. The number of ether oxygens (including phenoxy) is 1. The van der Waals surface area contributed by atoms with Crippen LogP contribution in [0.15, 0.2) is 36.5 Å². The van der Waals surface area contributed by atoms with Crippen molar-refractivity contribution in [2.24, 2.45) is 5.92 Å². The summed E-state index contributed by atoms with van der Waals surface area (Å²) in [5.74, 6) is 0.645. The third-order valence-electron chi connectivity index (χ3n) is 6.25. The number of nitrogens with one attached hydrogen (secondary N) is 1. The predicted octanol–water partition coefficient (Wildman–Crippen LogP) is 5.00. The molecule has 0 aliphatic heterocycles. The number of carbonyl (C=O) groups excluding carboxylic acids is 1. The van der Waals surface area contributed by atoms with Crippen molar-refractivity contribution in [1.82, 2.24) is 10.3 Å². The number of aromatic nitrogens is 1. The summed E-state index contributed by atoms with van der Waals surface area (Å²) in [6, 6.07) is 9.05. The predicted molar refractivity (Wildman–Crippen MR) is 118 cm³/mol. The first-order chi connectivity index (χ1) is 14.6. The van der Waals surface area contributed by atoms with E-state index in [0.29, 0.717) is 29.0 Å². The van der Waals surface area contributed by atoms with Gasteiger partial charge in [-0.2, -0.15) is 0 Å². The SMILES string of the molecule is O=C(N[C@@H]1CCCC[C@H]1O)c1cc(-c2ccc(Cl)cc2)cnc1OCC1CCCC1. The quantitative estimate of drug-likeness (QED) is 0.678. The summed E-state index contributed by atoms with van der Waals surface area (Å²) in [7, 11) is 0. The smallest absolute Gasteiger partial charge is 0.257 e. The molecule has 2 atom stereocenters. The number of carbonyl (C=O) groups is 1. The molecule has 2 saturated carbocycles. The normalized spacial score (nSPS) is 22.1. The minimum absolute atomic E-state index is 0.229. The number of hydrogen-bond donors (Lipinski definition) is 2. The molecule has 5 nitrogen and oxygen atoms in total. The summed E-state index contributed by atoms with van der Waals surface area (Å²) in [5, 5.41) is 13.9. The Hall–Kier alpha value is -2.11. The number of amides is 1. The van der Waals surface area contributed by atoms with Crippen LogP contribution >= 0.6 is 11.6 Å². The molecule has 2 aliphatic rings. The van der Waals surface area contributed by atoms with Crippen LogP contribution < -0.4 is 10.1 Å². The van der Waals surface area contributed by atoms with Crippen LogP contribution in [0.2, 0.25) is 5.02 Å². The highest BCUT2D eigenvalue weighted by atomic mass is 35.5. The van der Waals surface area contributed by atoms with E-state index >= 15 is 0 Å². The molecule has 4 rings (SSSR count). The average molecular weight is 429 g/mol. The first kappa shape index (κ1) is 21.1. The van der Waals surface area contributed by atoms with E-state index in [0.717, 1.165) is 36.8 Å². The summed E-state index contributed by atoms with van der Waals surface area (Å²) in [5.41, 5.74) is 2.17. The molecule has 1 aromatic carbocycles. The molecule has 0 unspecified atom stereocenters. The van der Waals surface area contributed by atoms with Crippen molar-refractivity contribution in [2.75, 3.05) is 6.61 Å². The van der Waals surface area contributed by atoms with Gasteiger partial charge in [0.1, 0.15) is 5.56 Å². The highest BCUT2D eigenvalue weighted by Gasteiger charge is 2.27. The van der Waals surface area contributed by atoms with Crippen LogP contribution in [0.5, 0.6) is 5.88 Å². The van der Waals surface area contributed by atoms with Gasteiger partial charge in [-0.05, 0) is 55.4 Å². The maximum Gasteiger partial charge on any atom is 0.257 e. The van der Waals surface area contributed by atoms with Crippen molar-refractivity contribution in [3.05, 3.63) is 47.1 Å². The fourth-order valence-electron chi connectivity index (χ4n) is 4.43. The van der Waals surface area contributed by atoms with E-state index < -0.39 is 6.10 Å². The van der Waals surface area contributed by atoms with Crippen molar-refractivity contribution in [2.45, 2.75) is 63.5 Å². The molecule has 6 heteroatoms. The number of aliphatic hydroxyl groups excluding tert-OH is 1. The van der Waals surface area contributed by atoms with Gasteiger partial charge in [0.25, 0.3) is 5.91 Å². The van der Waals surface area contributed by atoms with E-state index in [4.69, 9.17) is 16.3 Å². The average Bonchev–Trinajstić information content (AvgIpc) is 3.28. The summed E-state index contributed by atoms with van der Waals surface area (Å²) >= 11 is 6.01. The van der Waals surface area contributed by atoms with E-state index in [-0.39, 0.29) is 11.9 Å². The zero-order valence-corrected chi connectivity index (χ0v) is 17.9. The minimum atomic E-state index is -0.502. The lowest BCUT2D eigenvalue weighted by Gasteiger charge is -2.28. The largest absolute Gasteiger partial charge is 0.477 e. The van der Waals surface area contributed by atoms with Crippen molar-refractivity contribution < 1.29 is 14.6 Å². The second kappa shape index (κ2) is 9.80. The van der Waals surface area contributed by atoms with Crippen molar-refractivity contribution in [1.29, 1.82) is 0 Å². The van der Waals surface area contributed by atoms with Crippen molar-refractivity contribution >= 4 is 17.5 Å². The molecule has 2 fully saturated rings. The first-order valence-corrected chi connectivity index (χ1v) is 11.4. The van der Waals surface area contributed by atoms with Crippen LogP contribution in [0, 0.1) is 5.92 Å². The highest BCUT2D eigenvalue weighted by Crippen LogP contribution is 2.29. The fraction of sp³-hybridized carbons (Fsp3) is 0.500. The van der Waals surface area contributed by atoms with Crippen LogP contribution in [-0.4, -0.2) is 34.8 Å². The number of benzene rings is 1. The highest BCUT2D eigenvalue weighted by molar-refractivity contribution is 6.30. The summed E-state index contributed by atoms with van der Waals surface area (Å²) in [4.78, 5) is 17.6. The van der Waals surface area contributed by atoms with Crippen molar-refractivity contribution in [3.63, 3.8) is 0 Å². The lowest BCUT2D eigenvalue weighted by Crippen LogP contribution is -2.45. The van der Waals surface area contributed by atoms with Gasteiger partial charge in [-0.3, -0.25) is 4.79 Å². The first-order valence-electron chi connectivity index (χ1n) is 11.0. The molecule has 1 heterocycles. The summed E-state index contributed by atoms with van der Waals surface area (Å²) in [6.45, 7) is 0.583. The van der Waals surface area contributed by atoms with Crippen LogP contribution in [0.1, 0.15) is 61.7 Å². The molecular weight excluding hydrogens is 400 g/mol. The zero-order valence-electron chi connectivity index (χ0n) is 17.1. The van der Waals surface area contributed by atoms with Crippen molar-refractivity contribution in [3.8, 4) is 17.0 Å². The Bertz CT molecular complexity index is 865. The fourth-order valence-corrected chi connectivity index (χ4v) is 4.56. The molecule has 30 heavy (non-hydrogen) atoms. The number of halogens is 1. The van der Waals surface area contributed by atoms with E-state index in [1.807, 2.05) is 30.3 Å². The minimum Gasteiger partial charge on any atom is -0.477 e. The number of pyridine rings is 1. The molecule has 1 amide bonds. The maximum absolute atomic E-state index is 13.1. The molecule has 0 bridgehead atoms. The van der Waals surface area contributed by atoms with Gasteiger partial charge in [0.15, 0.2) is 0 Å². The topological polar surface area (TPSA) is 71.5 Å². The molecule has 0 radical (unpaired) electrons. The number of hydrogen-bond acceptors (Lipinski definition) is 4. The molecular formula is C24H29ClN2O3. The van der Waals surface area contributed by atoms with Gasteiger partial charge in [0.05, 0.1) is 18.8 Å². The number of nitrogens with zero attached hydrogens (tertiary/aromatic N) is 1. The Morgan fingerprint density at radius 2 is 1.77 bits per heavy atom. The monoisotopic (exact) mass is 428 g/mol. The Morgan fingerprint density at radius 1 is 1.07 bits per heavy atom. The van der Waals surface area contributed by atoms with Gasteiger partial charge >= 0.3 is 0 Å². The molecule has 0 spiro atoms. The Morgan fingerprint density at radius 3 is 2.50 bits per heavy atom. The van der Waals surface area contributed by atoms with Gasteiger partial charge in [-0.15, -0.1) is 0 Å². The van der Waals surface area contributed by atoms with Crippen LogP contribution in [0.25, 0.3) is 11.1 Å². The van der Waals surface area contributed by atoms with Gasteiger partial charge in [0, 0.05) is 16.8 Å². The molecule has 0 saturated heterocycles. The number of rotatable bonds is 6. The third-order valence-corrected chi connectivity index (χ3v) is 6.50. The second-order valence-electron chi connectivity index (χ2n) is 8.48. The molecule has 2 aromatic rings. The van der Waals surface area contributed by atoms with Crippen LogP contribution in [0.4, 0.5) is 0 Å². The van der Waals surface area contributed by atoms with Gasteiger partial charge in [0.2, 0.25) is 5.88 Å².